The van der Waals surface area contributed by atoms with Gasteiger partial charge in [0.15, 0.2) is 5.96 Å². The fourth-order valence-electron chi connectivity index (χ4n) is 3.46. The van der Waals surface area contributed by atoms with E-state index in [0.717, 1.165) is 56.6 Å². The molecule has 1 aliphatic heterocycles. The Balaban J connectivity index is 1.47. The lowest BCUT2D eigenvalue weighted by atomic mass is 9.91. The van der Waals surface area contributed by atoms with Crippen LogP contribution in [0.25, 0.3) is 0 Å². The molecule has 0 aromatic carbocycles. The third-order valence-electron chi connectivity index (χ3n) is 5.52. The highest BCUT2D eigenvalue weighted by atomic mass is 32.1. The summed E-state index contributed by atoms with van der Waals surface area (Å²) in [6.45, 7) is 13.7. The van der Waals surface area contributed by atoms with E-state index >= 15 is 0 Å². The minimum atomic E-state index is 0.0663. The Morgan fingerprint density at radius 2 is 1.97 bits per heavy atom. The van der Waals surface area contributed by atoms with Crippen molar-refractivity contribution < 1.29 is 0 Å². The minimum Gasteiger partial charge on any atom is -0.356 e. The monoisotopic (exact) mass is 414 g/mol. The van der Waals surface area contributed by atoms with Gasteiger partial charge in [0.05, 0.1) is 0 Å². The summed E-state index contributed by atoms with van der Waals surface area (Å²) in [6.07, 6.45) is 1.97. The molecule has 0 spiro atoms. The van der Waals surface area contributed by atoms with Gasteiger partial charge in [-0.1, -0.05) is 32.9 Å². The van der Waals surface area contributed by atoms with Gasteiger partial charge in [0.2, 0.25) is 0 Å². The van der Waals surface area contributed by atoms with E-state index in [-0.39, 0.29) is 5.41 Å². The van der Waals surface area contributed by atoms with E-state index in [2.05, 4.69) is 80.8 Å². The Kier molecular flexibility index (Phi) is 7.50. The zero-order valence-corrected chi connectivity index (χ0v) is 18.9. The molecule has 1 fully saturated rings. The van der Waals surface area contributed by atoms with E-state index in [1.165, 1.54) is 4.88 Å². The number of pyridine rings is 1. The minimum absolute atomic E-state index is 0.0663. The van der Waals surface area contributed by atoms with Crippen LogP contribution in [0, 0.1) is 0 Å². The van der Waals surface area contributed by atoms with Crippen LogP contribution in [0.3, 0.4) is 0 Å². The van der Waals surface area contributed by atoms with Gasteiger partial charge in [0.25, 0.3) is 0 Å². The number of likely N-dealkylation sites (N-methyl/N-ethyl adjacent to an activating group) is 1. The van der Waals surface area contributed by atoms with E-state index in [9.17, 15) is 0 Å². The second-order valence-corrected chi connectivity index (χ2v) is 9.03. The topological polar surface area (TPSA) is 55.8 Å². The summed E-state index contributed by atoms with van der Waals surface area (Å²) in [5, 5.41) is 8.98. The molecule has 3 heterocycles. The van der Waals surface area contributed by atoms with E-state index in [1.54, 1.807) is 11.3 Å². The number of anilines is 1. The first kappa shape index (κ1) is 21.6. The Bertz CT molecular complexity index is 761. The number of hydrogen-bond acceptors (Lipinski definition) is 5. The van der Waals surface area contributed by atoms with Crippen molar-refractivity contribution >= 4 is 23.1 Å². The lowest BCUT2D eigenvalue weighted by Crippen LogP contribution is -2.46. The summed E-state index contributed by atoms with van der Waals surface area (Å²) in [6, 6.07) is 8.59. The summed E-state index contributed by atoms with van der Waals surface area (Å²) < 4.78 is 0. The molecule has 0 unspecified atom stereocenters. The molecule has 1 aliphatic rings. The van der Waals surface area contributed by atoms with Gasteiger partial charge in [-0.3, -0.25) is 4.99 Å². The largest absolute Gasteiger partial charge is 0.356 e. The maximum atomic E-state index is 4.68. The molecule has 158 valence electrons. The molecule has 0 aliphatic carbocycles. The number of rotatable bonds is 7. The van der Waals surface area contributed by atoms with Crippen LogP contribution in [0.15, 0.2) is 40.8 Å². The predicted molar refractivity (Wildman–Crippen MR) is 124 cm³/mol. The van der Waals surface area contributed by atoms with Gasteiger partial charge in [0, 0.05) is 62.8 Å². The molecule has 0 radical (unpaired) electrons. The highest BCUT2D eigenvalue weighted by Gasteiger charge is 2.22. The highest BCUT2D eigenvalue weighted by molar-refractivity contribution is 7.10. The van der Waals surface area contributed by atoms with Gasteiger partial charge in [0.1, 0.15) is 5.82 Å². The smallest absolute Gasteiger partial charge is 0.191 e. The third kappa shape index (κ3) is 5.93. The number of guanidine groups is 1. The average Bonchev–Trinajstić information content (AvgIpc) is 3.30. The van der Waals surface area contributed by atoms with Crippen LogP contribution in [-0.4, -0.2) is 62.2 Å². The lowest BCUT2D eigenvalue weighted by molar-refractivity contribution is 0.270. The molecule has 1 saturated heterocycles. The van der Waals surface area contributed by atoms with Crippen molar-refractivity contribution in [3.63, 3.8) is 0 Å². The van der Waals surface area contributed by atoms with Crippen LogP contribution in [0.1, 0.15) is 31.2 Å². The Labute approximate surface area is 179 Å². The van der Waals surface area contributed by atoms with Gasteiger partial charge in [-0.15, -0.1) is 11.3 Å². The molecular weight excluding hydrogens is 380 g/mol. The van der Waals surface area contributed by atoms with E-state index in [0.29, 0.717) is 6.54 Å². The molecule has 7 heteroatoms. The second kappa shape index (κ2) is 10.1. The number of nitrogens with zero attached hydrogens (tertiary/aromatic N) is 4. The van der Waals surface area contributed by atoms with Crippen molar-refractivity contribution in [2.45, 2.75) is 32.7 Å². The van der Waals surface area contributed by atoms with Gasteiger partial charge in [-0.25, -0.2) is 4.98 Å². The highest BCUT2D eigenvalue weighted by Crippen LogP contribution is 2.26. The molecule has 0 atom stereocenters. The number of thiophene rings is 1. The SMILES string of the molecule is CCN1CCN(c2ccc(CNC(=NC)NCC(C)(C)c3cccs3)cn2)CC1. The summed E-state index contributed by atoms with van der Waals surface area (Å²) in [7, 11) is 1.81. The third-order valence-corrected chi connectivity index (χ3v) is 6.76. The van der Waals surface area contributed by atoms with Crippen LogP contribution in [-0.2, 0) is 12.0 Å². The van der Waals surface area contributed by atoms with Crippen molar-refractivity contribution in [2.24, 2.45) is 4.99 Å². The Morgan fingerprint density at radius 1 is 1.17 bits per heavy atom. The molecule has 2 N–H and O–H groups in total. The van der Waals surface area contributed by atoms with Crippen molar-refractivity contribution in [3.8, 4) is 0 Å². The molecule has 0 saturated carbocycles. The number of aromatic nitrogens is 1. The van der Waals surface area contributed by atoms with E-state index in [1.807, 2.05) is 13.2 Å². The van der Waals surface area contributed by atoms with Crippen LogP contribution in [0.5, 0.6) is 0 Å². The maximum absolute atomic E-state index is 4.68. The molecule has 3 rings (SSSR count). The van der Waals surface area contributed by atoms with Gasteiger partial charge in [-0.2, -0.15) is 0 Å². The van der Waals surface area contributed by atoms with E-state index < -0.39 is 0 Å². The summed E-state index contributed by atoms with van der Waals surface area (Å²) >= 11 is 1.80. The van der Waals surface area contributed by atoms with Crippen LogP contribution in [0.4, 0.5) is 5.82 Å². The molecule has 0 amide bonds. The van der Waals surface area contributed by atoms with Crippen LogP contribution in [0.2, 0.25) is 0 Å². The van der Waals surface area contributed by atoms with Crippen molar-refractivity contribution in [1.29, 1.82) is 0 Å². The summed E-state index contributed by atoms with van der Waals surface area (Å²) in [5.41, 5.74) is 1.22. The zero-order chi connectivity index (χ0) is 20.7. The quantitative estimate of drug-likeness (QED) is 0.539. The normalized spacial score (nSPS) is 16.1. The molecule has 29 heavy (non-hydrogen) atoms. The number of hydrogen-bond donors (Lipinski definition) is 2. The predicted octanol–water partition coefficient (Wildman–Crippen LogP) is 2.93. The summed E-state index contributed by atoms with van der Waals surface area (Å²) in [5.74, 6) is 1.89. The zero-order valence-electron chi connectivity index (χ0n) is 18.1. The molecule has 6 nitrogen and oxygen atoms in total. The molecule has 0 bridgehead atoms. The van der Waals surface area contributed by atoms with Crippen LogP contribution >= 0.6 is 11.3 Å². The van der Waals surface area contributed by atoms with Crippen molar-refractivity contribution in [3.05, 3.63) is 46.3 Å². The van der Waals surface area contributed by atoms with Gasteiger partial charge in [-0.05, 0) is 29.6 Å². The molecule has 2 aromatic heterocycles. The van der Waals surface area contributed by atoms with Crippen molar-refractivity contribution in [2.75, 3.05) is 51.2 Å². The molecule has 2 aromatic rings. The number of piperazine rings is 1. The number of aliphatic imine (C=N–C) groups is 1. The maximum Gasteiger partial charge on any atom is 0.191 e. The lowest BCUT2D eigenvalue weighted by Gasteiger charge is -2.34. The average molecular weight is 415 g/mol. The Hall–Kier alpha value is -2.12. The van der Waals surface area contributed by atoms with Crippen LogP contribution < -0.4 is 15.5 Å². The first-order valence-corrected chi connectivity index (χ1v) is 11.3. The van der Waals surface area contributed by atoms with Gasteiger partial charge < -0.3 is 20.4 Å². The van der Waals surface area contributed by atoms with E-state index in [4.69, 9.17) is 0 Å². The first-order chi connectivity index (χ1) is 14.0. The fourth-order valence-corrected chi connectivity index (χ4v) is 4.32. The molecular formula is C22H34N6S. The Morgan fingerprint density at radius 3 is 2.55 bits per heavy atom. The van der Waals surface area contributed by atoms with Crippen molar-refractivity contribution in [1.82, 2.24) is 20.5 Å². The first-order valence-electron chi connectivity index (χ1n) is 10.4. The standard InChI is InChI=1S/C22H34N6S/c1-5-27-10-12-28(13-11-27)20-9-8-18(15-24-20)16-25-21(23-4)26-17-22(2,3)19-7-6-14-29-19/h6-9,14-15H,5,10-13,16-17H2,1-4H3,(H2,23,25,26). The fraction of sp³-hybridized carbons (Fsp3) is 0.545. The summed E-state index contributed by atoms with van der Waals surface area (Å²) in [4.78, 5) is 15.3. The van der Waals surface area contributed by atoms with Gasteiger partial charge >= 0.3 is 0 Å². The second-order valence-electron chi connectivity index (χ2n) is 8.09. The number of nitrogens with one attached hydrogen (secondary N) is 2.